The predicted molar refractivity (Wildman–Crippen MR) is 57.7 cm³/mol. The summed E-state index contributed by atoms with van der Waals surface area (Å²) in [7, 11) is -3.71. The minimum atomic E-state index is -3.71. The second-order valence-corrected chi connectivity index (χ2v) is 5.94. The van der Waals surface area contributed by atoms with Crippen LogP contribution in [0.2, 0.25) is 0 Å². The zero-order chi connectivity index (χ0) is 12.6. The third-order valence-electron chi connectivity index (χ3n) is 2.79. The molecule has 0 saturated carbocycles. The van der Waals surface area contributed by atoms with Crippen molar-refractivity contribution in [1.82, 2.24) is 4.31 Å². The number of sulfonamides is 1. The fourth-order valence-corrected chi connectivity index (χ4v) is 3.26. The summed E-state index contributed by atoms with van der Waals surface area (Å²) in [5.41, 5.74) is 5.39. The maximum Gasteiger partial charge on any atom is 0.243 e. The Morgan fingerprint density at radius 1 is 1.29 bits per heavy atom. The van der Waals surface area contributed by atoms with Crippen molar-refractivity contribution in [2.45, 2.75) is 4.90 Å². The van der Waals surface area contributed by atoms with E-state index in [0.717, 1.165) is 12.1 Å². The molecule has 0 amide bonds. The first-order chi connectivity index (χ1) is 7.95. The predicted octanol–water partition coefficient (Wildman–Crippen LogP) is 0.544. The van der Waals surface area contributed by atoms with E-state index in [0.29, 0.717) is 25.7 Å². The molecule has 0 spiro atoms. The zero-order valence-electron chi connectivity index (χ0n) is 8.94. The fraction of sp³-hybridized carbons (Fsp3) is 0.400. The lowest BCUT2D eigenvalue weighted by molar-refractivity contribution is 0.207. The quantitative estimate of drug-likeness (QED) is 0.865. The van der Waals surface area contributed by atoms with Gasteiger partial charge in [0, 0.05) is 13.1 Å². The summed E-state index contributed by atoms with van der Waals surface area (Å²) >= 11 is 0. The van der Waals surface area contributed by atoms with Crippen LogP contribution in [0.4, 0.5) is 8.78 Å². The first-order valence-corrected chi connectivity index (χ1v) is 6.54. The second kappa shape index (κ2) is 4.32. The number of hydrogen-bond acceptors (Lipinski definition) is 3. The van der Waals surface area contributed by atoms with E-state index in [-0.39, 0.29) is 10.8 Å². The van der Waals surface area contributed by atoms with Gasteiger partial charge in [-0.15, -0.1) is 0 Å². The fourth-order valence-electron chi connectivity index (χ4n) is 1.65. The molecule has 0 aromatic heterocycles. The molecular formula is C10H12F2N2O2S. The van der Waals surface area contributed by atoms with Gasteiger partial charge in [0.2, 0.25) is 10.0 Å². The third-order valence-corrected chi connectivity index (χ3v) is 4.61. The average Bonchev–Trinajstić information content (AvgIpc) is 2.20. The first kappa shape index (κ1) is 12.4. The molecule has 4 nitrogen and oxygen atoms in total. The Morgan fingerprint density at radius 3 is 2.47 bits per heavy atom. The number of rotatable bonds is 3. The van der Waals surface area contributed by atoms with E-state index in [2.05, 4.69) is 0 Å². The first-order valence-electron chi connectivity index (χ1n) is 5.10. The Bertz CT molecular complexity index is 527. The van der Waals surface area contributed by atoms with Gasteiger partial charge in [-0.05, 0) is 30.7 Å². The summed E-state index contributed by atoms with van der Waals surface area (Å²) in [6, 6.07) is 2.56. The molecule has 1 aromatic carbocycles. The molecule has 94 valence electrons. The lowest BCUT2D eigenvalue weighted by Gasteiger charge is -2.37. The molecule has 1 aliphatic heterocycles. The molecule has 1 aliphatic rings. The molecule has 0 radical (unpaired) electrons. The van der Waals surface area contributed by atoms with E-state index < -0.39 is 21.7 Å². The van der Waals surface area contributed by atoms with Gasteiger partial charge in [-0.3, -0.25) is 0 Å². The molecule has 7 heteroatoms. The Labute approximate surface area is 98.1 Å². The van der Waals surface area contributed by atoms with Gasteiger partial charge < -0.3 is 5.73 Å². The monoisotopic (exact) mass is 262 g/mol. The van der Waals surface area contributed by atoms with Crippen molar-refractivity contribution in [3.05, 3.63) is 29.8 Å². The number of hydrogen-bond donors (Lipinski definition) is 1. The van der Waals surface area contributed by atoms with Crippen LogP contribution in [-0.4, -0.2) is 32.4 Å². The van der Waals surface area contributed by atoms with Crippen molar-refractivity contribution in [1.29, 1.82) is 0 Å². The highest BCUT2D eigenvalue weighted by Gasteiger charge is 2.36. The van der Waals surface area contributed by atoms with Gasteiger partial charge >= 0.3 is 0 Å². The third kappa shape index (κ3) is 2.18. The van der Waals surface area contributed by atoms with Crippen LogP contribution in [0.5, 0.6) is 0 Å². The molecule has 1 heterocycles. The molecule has 1 fully saturated rings. The van der Waals surface area contributed by atoms with Crippen LogP contribution in [0.25, 0.3) is 0 Å². The maximum absolute atomic E-state index is 13.0. The van der Waals surface area contributed by atoms with Crippen molar-refractivity contribution in [3.63, 3.8) is 0 Å². The summed E-state index contributed by atoms with van der Waals surface area (Å²) < 4.78 is 50.7. The van der Waals surface area contributed by atoms with Crippen LogP contribution < -0.4 is 5.73 Å². The number of nitrogens with zero attached hydrogens (tertiary/aromatic N) is 1. The number of halogens is 2. The standard InChI is InChI=1S/C10H12F2N2O2S/c11-9-2-1-8(3-10(9)12)17(15,16)14-5-7(4-13)6-14/h1-3,7H,4-6,13H2. The number of benzene rings is 1. The van der Waals surface area contributed by atoms with Crippen molar-refractivity contribution in [2.75, 3.05) is 19.6 Å². The van der Waals surface area contributed by atoms with E-state index in [9.17, 15) is 17.2 Å². The smallest absolute Gasteiger partial charge is 0.243 e. The van der Waals surface area contributed by atoms with Crippen molar-refractivity contribution in [2.24, 2.45) is 11.7 Å². The summed E-state index contributed by atoms with van der Waals surface area (Å²) in [4.78, 5) is -0.230. The zero-order valence-corrected chi connectivity index (χ0v) is 9.75. The van der Waals surface area contributed by atoms with Gasteiger partial charge in [0.15, 0.2) is 11.6 Å². The van der Waals surface area contributed by atoms with Gasteiger partial charge in [-0.2, -0.15) is 4.31 Å². The largest absolute Gasteiger partial charge is 0.330 e. The lowest BCUT2D eigenvalue weighted by atomic mass is 10.0. The molecule has 0 atom stereocenters. The van der Waals surface area contributed by atoms with Crippen LogP contribution in [0.1, 0.15) is 0 Å². The molecule has 0 unspecified atom stereocenters. The van der Waals surface area contributed by atoms with Gasteiger partial charge in [0.05, 0.1) is 4.90 Å². The minimum absolute atomic E-state index is 0.148. The highest BCUT2D eigenvalue weighted by atomic mass is 32.2. The Balaban J connectivity index is 2.24. The normalized spacial score (nSPS) is 18.1. The molecule has 0 bridgehead atoms. The topological polar surface area (TPSA) is 63.4 Å². The van der Waals surface area contributed by atoms with Crippen LogP contribution >= 0.6 is 0 Å². The van der Waals surface area contributed by atoms with Crippen LogP contribution in [0.3, 0.4) is 0 Å². The van der Waals surface area contributed by atoms with Crippen molar-refractivity contribution < 1.29 is 17.2 Å². The Morgan fingerprint density at radius 2 is 1.94 bits per heavy atom. The minimum Gasteiger partial charge on any atom is -0.330 e. The Kier molecular flexibility index (Phi) is 3.15. The average molecular weight is 262 g/mol. The lowest BCUT2D eigenvalue weighted by Crippen LogP contribution is -2.52. The van der Waals surface area contributed by atoms with Crippen molar-refractivity contribution >= 4 is 10.0 Å². The van der Waals surface area contributed by atoms with Gasteiger partial charge in [0.1, 0.15) is 0 Å². The summed E-state index contributed by atoms with van der Waals surface area (Å²) in [6.45, 7) is 1.08. The molecule has 2 rings (SSSR count). The van der Waals surface area contributed by atoms with Crippen LogP contribution in [-0.2, 0) is 10.0 Å². The second-order valence-electron chi connectivity index (χ2n) is 4.00. The molecule has 2 N–H and O–H groups in total. The SMILES string of the molecule is NCC1CN(S(=O)(=O)c2ccc(F)c(F)c2)C1. The summed E-state index contributed by atoms with van der Waals surface area (Å²) in [5, 5.41) is 0. The molecular weight excluding hydrogens is 250 g/mol. The van der Waals surface area contributed by atoms with Crippen LogP contribution in [0, 0.1) is 17.6 Å². The maximum atomic E-state index is 13.0. The summed E-state index contributed by atoms with van der Waals surface area (Å²) in [6.07, 6.45) is 0. The van der Waals surface area contributed by atoms with Crippen LogP contribution in [0.15, 0.2) is 23.1 Å². The van der Waals surface area contributed by atoms with Gasteiger partial charge in [-0.1, -0.05) is 0 Å². The van der Waals surface area contributed by atoms with E-state index in [4.69, 9.17) is 5.73 Å². The molecule has 17 heavy (non-hydrogen) atoms. The van der Waals surface area contributed by atoms with E-state index >= 15 is 0 Å². The highest BCUT2D eigenvalue weighted by Crippen LogP contribution is 2.25. The van der Waals surface area contributed by atoms with E-state index in [1.54, 1.807) is 0 Å². The van der Waals surface area contributed by atoms with E-state index in [1.165, 1.54) is 4.31 Å². The Hall–Kier alpha value is -1.05. The molecule has 1 saturated heterocycles. The molecule has 0 aliphatic carbocycles. The highest BCUT2D eigenvalue weighted by molar-refractivity contribution is 7.89. The van der Waals surface area contributed by atoms with Crippen molar-refractivity contribution in [3.8, 4) is 0 Å². The van der Waals surface area contributed by atoms with Gasteiger partial charge in [-0.25, -0.2) is 17.2 Å². The van der Waals surface area contributed by atoms with Gasteiger partial charge in [0.25, 0.3) is 0 Å². The summed E-state index contributed by atoms with van der Waals surface area (Å²) in [5.74, 6) is -2.08. The van der Waals surface area contributed by atoms with E-state index in [1.807, 2.05) is 0 Å². The number of nitrogens with two attached hydrogens (primary N) is 1. The molecule has 1 aromatic rings.